The van der Waals surface area contributed by atoms with E-state index in [9.17, 15) is 4.79 Å². The van der Waals surface area contributed by atoms with E-state index in [1.54, 1.807) is 12.4 Å². The highest BCUT2D eigenvalue weighted by atomic mass is 16.1. The molecule has 0 bridgehead atoms. The van der Waals surface area contributed by atoms with Crippen LogP contribution in [0.3, 0.4) is 0 Å². The average molecular weight is 429 g/mol. The molecule has 1 aromatic carbocycles. The first-order valence-electron chi connectivity index (χ1n) is 10.9. The fourth-order valence-electron chi connectivity index (χ4n) is 4.01. The van der Waals surface area contributed by atoms with Gasteiger partial charge in [0.05, 0.1) is 23.1 Å². The summed E-state index contributed by atoms with van der Waals surface area (Å²) in [7, 11) is 0. The summed E-state index contributed by atoms with van der Waals surface area (Å²) in [6.45, 7) is 9.70. The van der Waals surface area contributed by atoms with Crippen LogP contribution in [-0.2, 0) is 0 Å². The Bertz CT molecular complexity index is 1200. The summed E-state index contributed by atoms with van der Waals surface area (Å²) in [5, 5.41) is 10.9. The van der Waals surface area contributed by atoms with Crippen molar-refractivity contribution in [1.29, 1.82) is 0 Å². The molecule has 4 rings (SSSR count). The zero-order chi connectivity index (χ0) is 22.5. The van der Waals surface area contributed by atoms with E-state index in [4.69, 9.17) is 0 Å². The minimum atomic E-state index is -0.271. The standard InChI is InChI=1S/C25H28N6O/c1-17-11-20(15-27-14-17)28-25(32)24-22-13-19(7-8-23(22)29-30-24)18(2)12-21(16-26-3)31-9-5-4-6-10-31/h7-8,11-16H,3-6,9-10H2,1-2H3,(H,28,32)(H,29,30)/b18-12+,21-16+. The fraction of sp³-hybridized carbons (Fsp3) is 0.280. The van der Waals surface area contributed by atoms with Crippen molar-refractivity contribution in [2.24, 2.45) is 4.99 Å². The van der Waals surface area contributed by atoms with Crippen LogP contribution in [-0.4, -0.2) is 45.8 Å². The van der Waals surface area contributed by atoms with E-state index in [1.807, 2.05) is 37.4 Å². The highest BCUT2D eigenvalue weighted by Crippen LogP contribution is 2.25. The molecular weight excluding hydrogens is 400 g/mol. The predicted octanol–water partition coefficient (Wildman–Crippen LogP) is 4.95. The number of carbonyl (C=O) groups is 1. The Balaban J connectivity index is 1.62. The largest absolute Gasteiger partial charge is 0.370 e. The van der Waals surface area contributed by atoms with Crippen molar-refractivity contribution in [3.8, 4) is 0 Å². The van der Waals surface area contributed by atoms with Gasteiger partial charge in [0.15, 0.2) is 5.69 Å². The number of aryl methyl sites for hydroxylation is 1. The first-order chi connectivity index (χ1) is 15.5. The number of allylic oxidation sites excluding steroid dienone is 2. The van der Waals surface area contributed by atoms with Gasteiger partial charge in [-0.3, -0.25) is 19.9 Å². The van der Waals surface area contributed by atoms with Crippen LogP contribution in [0, 0.1) is 6.92 Å². The van der Waals surface area contributed by atoms with Crippen LogP contribution < -0.4 is 5.32 Å². The number of nitrogens with zero attached hydrogens (tertiary/aromatic N) is 4. The van der Waals surface area contributed by atoms with E-state index in [0.29, 0.717) is 11.4 Å². The molecule has 0 atom stereocenters. The number of anilines is 1. The normalized spacial score (nSPS) is 15.1. The van der Waals surface area contributed by atoms with Gasteiger partial charge in [-0.15, -0.1) is 0 Å². The quantitative estimate of drug-likeness (QED) is 0.430. The lowest BCUT2D eigenvalue weighted by molar-refractivity contribution is 0.102. The SMILES string of the molecule is C=N/C=C(\C=C(/C)c1ccc2[nH]nc(C(=O)Nc3cncc(C)c3)c2c1)N1CCCCC1. The van der Waals surface area contributed by atoms with E-state index < -0.39 is 0 Å². The van der Waals surface area contributed by atoms with Crippen molar-refractivity contribution in [2.45, 2.75) is 33.1 Å². The molecule has 2 N–H and O–H groups in total. The topological polar surface area (TPSA) is 86.3 Å². The van der Waals surface area contributed by atoms with E-state index in [1.165, 1.54) is 19.3 Å². The third-order valence-electron chi connectivity index (χ3n) is 5.68. The van der Waals surface area contributed by atoms with Crippen molar-refractivity contribution < 1.29 is 4.79 Å². The van der Waals surface area contributed by atoms with Gasteiger partial charge in [0.25, 0.3) is 5.91 Å². The molecule has 164 valence electrons. The van der Waals surface area contributed by atoms with Crippen LogP contribution in [0.2, 0.25) is 0 Å². The van der Waals surface area contributed by atoms with Crippen molar-refractivity contribution in [3.63, 3.8) is 0 Å². The molecule has 0 aliphatic carbocycles. The zero-order valence-corrected chi connectivity index (χ0v) is 18.6. The minimum absolute atomic E-state index is 0.271. The summed E-state index contributed by atoms with van der Waals surface area (Å²) >= 11 is 0. The lowest BCUT2D eigenvalue weighted by atomic mass is 10.0. The summed E-state index contributed by atoms with van der Waals surface area (Å²) in [5.74, 6) is -0.271. The van der Waals surface area contributed by atoms with Gasteiger partial charge in [-0.05, 0) is 80.8 Å². The molecule has 1 aliphatic heterocycles. The number of aromatic amines is 1. The number of aliphatic imine (C=N–C) groups is 1. The summed E-state index contributed by atoms with van der Waals surface area (Å²) in [5.41, 5.74) is 5.97. The van der Waals surface area contributed by atoms with E-state index in [-0.39, 0.29) is 5.91 Å². The molecule has 32 heavy (non-hydrogen) atoms. The number of nitrogens with one attached hydrogen (secondary N) is 2. The van der Waals surface area contributed by atoms with Crippen LogP contribution in [0.15, 0.2) is 59.6 Å². The number of pyridine rings is 1. The number of hydrogen-bond acceptors (Lipinski definition) is 5. The second kappa shape index (κ2) is 9.60. The average Bonchev–Trinajstić information content (AvgIpc) is 3.23. The van der Waals surface area contributed by atoms with Crippen LogP contribution >= 0.6 is 0 Å². The predicted molar refractivity (Wildman–Crippen MR) is 130 cm³/mol. The van der Waals surface area contributed by atoms with Crippen molar-refractivity contribution in [2.75, 3.05) is 18.4 Å². The third kappa shape index (κ3) is 4.77. The first kappa shape index (κ1) is 21.5. The Kier molecular flexibility index (Phi) is 6.44. The Morgan fingerprint density at radius 3 is 2.78 bits per heavy atom. The van der Waals surface area contributed by atoms with Crippen LogP contribution in [0.5, 0.6) is 0 Å². The number of carbonyl (C=O) groups excluding carboxylic acids is 1. The molecule has 0 spiro atoms. The van der Waals surface area contributed by atoms with Gasteiger partial charge >= 0.3 is 0 Å². The maximum absolute atomic E-state index is 12.9. The number of H-pyrrole nitrogens is 1. The van der Waals surface area contributed by atoms with Gasteiger partial charge in [-0.2, -0.15) is 5.10 Å². The summed E-state index contributed by atoms with van der Waals surface area (Å²) in [6, 6.07) is 7.87. The minimum Gasteiger partial charge on any atom is -0.370 e. The molecule has 2 aromatic heterocycles. The van der Waals surface area contributed by atoms with Crippen molar-refractivity contribution in [1.82, 2.24) is 20.1 Å². The highest BCUT2D eigenvalue weighted by Gasteiger charge is 2.16. The number of fused-ring (bicyclic) bond motifs is 1. The lowest BCUT2D eigenvalue weighted by Gasteiger charge is -2.29. The molecule has 3 aromatic rings. The van der Waals surface area contributed by atoms with Gasteiger partial charge in [-0.25, -0.2) is 0 Å². The number of likely N-dealkylation sites (tertiary alicyclic amines) is 1. The molecule has 7 nitrogen and oxygen atoms in total. The van der Waals surface area contributed by atoms with Crippen LogP contribution in [0.4, 0.5) is 5.69 Å². The van der Waals surface area contributed by atoms with Crippen LogP contribution in [0.25, 0.3) is 16.5 Å². The Morgan fingerprint density at radius 1 is 1.22 bits per heavy atom. The highest BCUT2D eigenvalue weighted by molar-refractivity contribution is 6.11. The van der Waals surface area contributed by atoms with Crippen LogP contribution in [0.1, 0.15) is 47.8 Å². The number of amides is 1. The van der Waals surface area contributed by atoms with Gasteiger partial charge in [0.2, 0.25) is 0 Å². The molecule has 1 fully saturated rings. The van der Waals surface area contributed by atoms with Crippen molar-refractivity contribution >= 4 is 34.8 Å². The molecule has 0 radical (unpaired) electrons. The molecule has 1 amide bonds. The van der Waals surface area contributed by atoms with Gasteiger partial charge in [-0.1, -0.05) is 6.07 Å². The summed E-state index contributed by atoms with van der Waals surface area (Å²) in [6.07, 6.45) is 11.0. The maximum atomic E-state index is 12.9. The second-order valence-corrected chi connectivity index (χ2v) is 8.15. The number of aromatic nitrogens is 3. The first-order valence-corrected chi connectivity index (χ1v) is 10.9. The number of piperidine rings is 1. The monoisotopic (exact) mass is 428 g/mol. The number of benzene rings is 1. The molecular formula is C25H28N6O. The number of rotatable bonds is 6. The van der Waals surface area contributed by atoms with E-state index >= 15 is 0 Å². The third-order valence-corrected chi connectivity index (χ3v) is 5.68. The Labute approximate surface area is 188 Å². The van der Waals surface area contributed by atoms with Gasteiger partial charge in [0, 0.05) is 30.9 Å². The molecule has 1 saturated heterocycles. The lowest BCUT2D eigenvalue weighted by Crippen LogP contribution is -2.28. The van der Waals surface area contributed by atoms with E-state index in [2.05, 4.69) is 50.1 Å². The molecule has 3 heterocycles. The molecule has 1 aliphatic rings. The Morgan fingerprint density at radius 2 is 2.03 bits per heavy atom. The molecule has 7 heteroatoms. The summed E-state index contributed by atoms with van der Waals surface area (Å²) in [4.78, 5) is 23.4. The van der Waals surface area contributed by atoms with Gasteiger partial charge < -0.3 is 10.2 Å². The smallest absolute Gasteiger partial charge is 0.276 e. The molecule has 0 saturated carbocycles. The second-order valence-electron chi connectivity index (χ2n) is 8.15. The maximum Gasteiger partial charge on any atom is 0.276 e. The van der Waals surface area contributed by atoms with Gasteiger partial charge in [0.1, 0.15) is 0 Å². The fourth-order valence-corrected chi connectivity index (χ4v) is 4.01. The Hall–Kier alpha value is -3.74. The van der Waals surface area contributed by atoms with Crippen molar-refractivity contribution in [3.05, 3.63) is 71.5 Å². The van der Waals surface area contributed by atoms with E-state index in [0.717, 1.165) is 46.4 Å². The zero-order valence-electron chi connectivity index (χ0n) is 18.6. The molecule has 0 unspecified atom stereocenters. The number of hydrogen-bond donors (Lipinski definition) is 2. The summed E-state index contributed by atoms with van der Waals surface area (Å²) < 4.78 is 0.